The number of hydrogen-bond donors (Lipinski definition) is 4. The van der Waals surface area contributed by atoms with Crippen LogP contribution in [0.15, 0.2) is 79.1 Å². The van der Waals surface area contributed by atoms with Crippen molar-refractivity contribution < 1.29 is 33.4 Å². The van der Waals surface area contributed by atoms with Crippen LogP contribution in [0.1, 0.15) is 17.5 Å². The highest BCUT2D eigenvalue weighted by Gasteiger charge is 2.21. The third-order valence-corrected chi connectivity index (χ3v) is 6.17. The maximum Gasteiger partial charge on any atom is 0.411 e. The summed E-state index contributed by atoms with van der Waals surface area (Å²) in [7, 11) is 0. The lowest BCUT2D eigenvalue weighted by molar-refractivity contribution is -0.137. The third-order valence-electron chi connectivity index (χ3n) is 5.94. The van der Waals surface area contributed by atoms with Crippen molar-refractivity contribution in [2.45, 2.75) is 18.9 Å². The quantitative estimate of drug-likeness (QED) is 0.171. The molecule has 0 aliphatic rings. The van der Waals surface area contributed by atoms with E-state index in [2.05, 4.69) is 36.2 Å². The van der Waals surface area contributed by atoms with Crippen LogP contribution in [0.2, 0.25) is 5.02 Å². The molecule has 1 heterocycles. The molecule has 0 aliphatic carbocycles. The molecule has 4 rings (SSSR count). The molecule has 4 N–H and O–H groups in total. The number of rotatable bonds is 12. The number of carboxylic acids is 1. The molecule has 0 radical (unpaired) electrons. The van der Waals surface area contributed by atoms with E-state index in [0.29, 0.717) is 16.3 Å². The molecule has 0 bridgehead atoms. The first-order chi connectivity index (χ1) is 21.2. The minimum atomic E-state index is -1.15. The van der Waals surface area contributed by atoms with E-state index in [0.717, 1.165) is 11.6 Å². The zero-order valence-corrected chi connectivity index (χ0v) is 23.6. The first kappa shape index (κ1) is 31.3. The van der Waals surface area contributed by atoms with Crippen LogP contribution < -0.4 is 16.0 Å². The Kier molecular flexibility index (Phi) is 10.7. The van der Waals surface area contributed by atoms with E-state index < -0.39 is 42.2 Å². The number of carbonyl (C=O) groups excluding carboxylic acids is 3. The van der Waals surface area contributed by atoms with Gasteiger partial charge in [-0.3, -0.25) is 19.7 Å². The van der Waals surface area contributed by atoms with Crippen LogP contribution in [0.25, 0.3) is 11.8 Å². The van der Waals surface area contributed by atoms with Gasteiger partial charge in [0.15, 0.2) is 0 Å². The largest absolute Gasteiger partial charge is 0.481 e. The van der Waals surface area contributed by atoms with E-state index in [1.165, 1.54) is 35.3 Å². The molecule has 0 unspecified atom stereocenters. The minimum absolute atomic E-state index is 0.0603. The smallest absolute Gasteiger partial charge is 0.411 e. The van der Waals surface area contributed by atoms with Gasteiger partial charge in [-0.15, -0.1) is 5.10 Å². The second-order valence-corrected chi connectivity index (χ2v) is 9.57. The fourth-order valence-electron chi connectivity index (χ4n) is 3.88. The fourth-order valence-corrected chi connectivity index (χ4v) is 4.06. The number of aromatic nitrogens is 4. The zero-order valence-electron chi connectivity index (χ0n) is 22.8. The number of nitrogens with zero attached hydrogens (tertiary/aromatic N) is 4. The van der Waals surface area contributed by atoms with Gasteiger partial charge in [-0.2, -0.15) is 4.68 Å². The minimum Gasteiger partial charge on any atom is -0.481 e. The number of carboxylic acid groups (broad SMARTS) is 1. The number of nitrogens with one attached hydrogen (secondary N) is 3. The summed E-state index contributed by atoms with van der Waals surface area (Å²) in [5.74, 6) is -3.25. The van der Waals surface area contributed by atoms with Gasteiger partial charge < -0.3 is 20.5 Å². The number of halogens is 2. The van der Waals surface area contributed by atoms with Crippen LogP contribution in [0.3, 0.4) is 0 Å². The standard InChI is InChI=1S/C29H25ClFN7O6/c30-20-7-10-25(38-17-32-36-37-38)19(15-20)6-11-26(39)34-24(14-18-4-2-1-3-5-18)28(42)33-21-8-9-23(22(31)16-21)35-29(43)44-13-12-27(40)41/h1-11,15-17,24H,12-14H2,(H,33,42)(H,34,39)(H,35,43)(H,40,41)/t24-/m0/s1. The molecule has 4 aromatic rings. The van der Waals surface area contributed by atoms with Gasteiger partial charge in [0.2, 0.25) is 11.8 Å². The summed E-state index contributed by atoms with van der Waals surface area (Å²) >= 11 is 6.14. The predicted octanol–water partition coefficient (Wildman–Crippen LogP) is 3.86. The molecule has 13 nitrogen and oxygen atoms in total. The molecule has 0 aliphatic heterocycles. The Hall–Kier alpha value is -5.63. The van der Waals surface area contributed by atoms with Crippen LogP contribution in [-0.2, 0) is 25.5 Å². The van der Waals surface area contributed by atoms with Gasteiger partial charge in [-0.1, -0.05) is 41.9 Å². The number of aliphatic carboxylic acids is 1. The maximum absolute atomic E-state index is 14.7. The van der Waals surface area contributed by atoms with Gasteiger partial charge in [-0.25, -0.2) is 9.18 Å². The fraction of sp³-hybridized carbons (Fsp3) is 0.138. The van der Waals surface area contributed by atoms with Crippen molar-refractivity contribution in [3.05, 3.63) is 101 Å². The highest BCUT2D eigenvalue weighted by atomic mass is 35.5. The van der Waals surface area contributed by atoms with Gasteiger partial charge in [-0.05, 0) is 58.5 Å². The Morgan fingerprint density at radius 1 is 1.05 bits per heavy atom. The van der Waals surface area contributed by atoms with Gasteiger partial charge >= 0.3 is 12.1 Å². The van der Waals surface area contributed by atoms with E-state index >= 15 is 0 Å². The average Bonchev–Trinajstić information content (AvgIpc) is 3.52. The topological polar surface area (TPSA) is 177 Å². The Morgan fingerprint density at radius 3 is 2.55 bits per heavy atom. The molecule has 15 heteroatoms. The lowest BCUT2D eigenvalue weighted by atomic mass is 10.0. The molecule has 3 aromatic carbocycles. The van der Waals surface area contributed by atoms with Crippen LogP contribution in [0.5, 0.6) is 0 Å². The summed E-state index contributed by atoms with van der Waals surface area (Å²) in [4.78, 5) is 48.6. The molecule has 0 fully saturated rings. The Bertz CT molecular complexity index is 1670. The highest BCUT2D eigenvalue weighted by Crippen LogP contribution is 2.21. The molecule has 226 valence electrons. The van der Waals surface area contributed by atoms with Crippen molar-refractivity contribution in [3.8, 4) is 5.69 Å². The first-order valence-electron chi connectivity index (χ1n) is 13.0. The van der Waals surface area contributed by atoms with Crippen LogP contribution in [0, 0.1) is 5.82 Å². The molecule has 3 amide bonds. The second-order valence-electron chi connectivity index (χ2n) is 9.13. The van der Waals surface area contributed by atoms with Gasteiger partial charge in [0.1, 0.15) is 24.8 Å². The number of hydrogen-bond acceptors (Lipinski definition) is 8. The van der Waals surface area contributed by atoms with Crippen molar-refractivity contribution in [1.29, 1.82) is 0 Å². The Balaban J connectivity index is 1.46. The SMILES string of the molecule is O=C(O)CCOC(=O)Nc1ccc(NC(=O)[C@H](Cc2ccccc2)NC(=O)C=Cc2cc(Cl)ccc2-n2cnnn2)cc1F. The summed E-state index contributed by atoms with van der Waals surface area (Å²) in [6.07, 6.45) is 2.82. The molecular weight excluding hydrogens is 597 g/mol. The van der Waals surface area contributed by atoms with Crippen molar-refractivity contribution in [2.24, 2.45) is 0 Å². The molecule has 0 saturated carbocycles. The van der Waals surface area contributed by atoms with Crippen LogP contribution in [0.4, 0.5) is 20.6 Å². The summed E-state index contributed by atoms with van der Waals surface area (Å²) < 4.78 is 20.8. The molecule has 0 spiro atoms. The van der Waals surface area contributed by atoms with Crippen molar-refractivity contribution in [1.82, 2.24) is 25.5 Å². The molecule has 44 heavy (non-hydrogen) atoms. The lowest BCUT2D eigenvalue weighted by Crippen LogP contribution is -2.44. The number of ether oxygens (including phenoxy) is 1. The number of benzene rings is 3. The second kappa shape index (κ2) is 15.0. The zero-order chi connectivity index (χ0) is 31.5. The molecular formula is C29H25ClFN7O6. The Labute approximate surface area is 254 Å². The van der Waals surface area contributed by atoms with E-state index in [4.69, 9.17) is 16.7 Å². The van der Waals surface area contributed by atoms with E-state index in [1.54, 1.807) is 42.5 Å². The third kappa shape index (κ3) is 9.19. The highest BCUT2D eigenvalue weighted by molar-refractivity contribution is 6.30. The van der Waals surface area contributed by atoms with Gasteiger partial charge in [0.25, 0.3) is 0 Å². The summed E-state index contributed by atoms with van der Waals surface area (Å²) in [5, 5.41) is 27.5. The molecule has 0 saturated heterocycles. The van der Waals surface area contributed by atoms with Gasteiger partial charge in [0, 0.05) is 28.8 Å². The maximum atomic E-state index is 14.7. The van der Waals surface area contributed by atoms with Crippen LogP contribution in [-0.4, -0.2) is 61.8 Å². The number of amides is 3. The lowest BCUT2D eigenvalue weighted by Gasteiger charge is -2.18. The molecule has 1 aromatic heterocycles. The Morgan fingerprint density at radius 2 is 1.84 bits per heavy atom. The first-order valence-corrected chi connectivity index (χ1v) is 13.4. The normalized spacial score (nSPS) is 11.5. The predicted molar refractivity (Wildman–Crippen MR) is 158 cm³/mol. The van der Waals surface area contributed by atoms with Crippen molar-refractivity contribution >= 4 is 52.9 Å². The van der Waals surface area contributed by atoms with E-state index in [1.807, 2.05) is 6.07 Å². The summed E-state index contributed by atoms with van der Waals surface area (Å²) in [6.45, 7) is -0.389. The average molecular weight is 622 g/mol. The van der Waals surface area contributed by atoms with Gasteiger partial charge in [0.05, 0.1) is 17.8 Å². The number of tetrazole rings is 1. The van der Waals surface area contributed by atoms with Crippen molar-refractivity contribution in [2.75, 3.05) is 17.2 Å². The van der Waals surface area contributed by atoms with Crippen LogP contribution >= 0.6 is 11.6 Å². The van der Waals surface area contributed by atoms with Crippen molar-refractivity contribution in [3.63, 3.8) is 0 Å². The summed E-state index contributed by atoms with van der Waals surface area (Å²) in [5.41, 5.74) is 1.68. The molecule has 1 atom stereocenters. The number of anilines is 2. The summed E-state index contributed by atoms with van der Waals surface area (Å²) in [6, 6.07) is 16.4. The monoisotopic (exact) mass is 621 g/mol. The number of carbonyl (C=O) groups is 4. The van der Waals surface area contributed by atoms with E-state index in [9.17, 15) is 23.6 Å². The van der Waals surface area contributed by atoms with E-state index in [-0.39, 0.29) is 24.4 Å².